The van der Waals surface area contributed by atoms with Gasteiger partial charge in [0.05, 0.1) is 18.0 Å². The van der Waals surface area contributed by atoms with Crippen LogP contribution < -0.4 is 5.73 Å². The van der Waals surface area contributed by atoms with Gasteiger partial charge in [0.2, 0.25) is 0 Å². The molecule has 0 aliphatic carbocycles. The number of anilines is 1. The highest BCUT2D eigenvalue weighted by molar-refractivity contribution is 7.13. The lowest BCUT2D eigenvalue weighted by molar-refractivity contribution is 0.278. The van der Waals surface area contributed by atoms with Crippen LogP contribution >= 0.6 is 22.9 Å². The van der Waals surface area contributed by atoms with E-state index in [1.165, 1.54) is 11.3 Å². The van der Waals surface area contributed by atoms with Crippen molar-refractivity contribution in [2.45, 2.75) is 6.61 Å². The fourth-order valence-electron chi connectivity index (χ4n) is 2.03. The Bertz CT molecular complexity index is 719. The number of thiazole rings is 1. The molecule has 1 aromatic carbocycles. The van der Waals surface area contributed by atoms with Gasteiger partial charge in [0, 0.05) is 26.9 Å². The number of aliphatic hydroxyl groups is 1. The fourth-order valence-corrected chi connectivity index (χ4v) is 2.76. The number of benzene rings is 1. The molecule has 0 saturated heterocycles. The molecule has 0 fully saturated rings. The first kappa shape index (κ1) is 11.5. The van der Waals surface area contributed by atoms with E-state index in [0.717, 1.165) is 27.9 Å². The fraction of sp³-hybridized carbons (Fsp3) is 0.0833. The summed E-state index contributed by atoms with van der Waals surface area (Å²) >= 11 is 7.39. The minimum absolute atomic E-state index is 0.0843. The van der Waals surface area contributed by atoms with Gasteiger partial charge < -0.3 is 15.8 Å². The van der Waals surface area contributed by atoms with E-state index in [-0.39, 0.29) is 6.61 Å². The summed E-state index contributed by atoms with van der Waals surface area (Å²) in [6.45, 7) is -0.0843. The Hall–Kier alpha value is -1.56. The first-order chi connectivity index (χ1) is 8.69. The lowest BCUT2D eigenvalue weighted by atomic mass is 10.1. The van der Waals surface area contributed by atoms with Crippen molar-refractivity contribution in [1.29, 1.82) is 0 Å². The van der Waals surface area contributed by atoms with E-state index >= 15 is 0 Å². The third-order valence-corrected chi connectivity index (χ3v) is 3.68. The molecular weight excluding hydrogens is 270 g/mol. The van der Waals surface area contributed by atoms with Crippen molar-refractivity contribution < 1.29 is 5.11 Å². The second-order valence-electron chi connectivity index (χ2n) is 3.90. The molecule has 6 heteroatoms. The van der Waals surface area contributed by atoms with E-state index in [0.29, 0.717) is 10.2 Å². The van der Waals surface area contributed by atoms with Crippen LogP contribution in [0.2, 0.25) is 5.02 Å². The van der Waals surface area contributed by atoms with Crippen molar-refractivity contribution in [3.63, 3.8) is 0 Å². The van der Waals surface area contributed by atoms with Gasteiger partial charge >= 0.3 is 0 Å². The normalized spacial score (nSPS) is 11.2. The van der Waals surface area contributed by atoms with Gasteiger partial charge in [0.25, 0.3) is 0 Å². The number of aromatic nitrogens is 2. The third-order valence-electron chi connectivity index (χ3n) is 2.77. The van der Waals surface area contributed by atoms with Crippen molar-refractivity contribution in [3.05, 3.63) is 34.3 Å². The number of halogens is 1. The van der Waals surface area contributed by atoms with Crippen LogP contribution in [0.5, 0.6) is 0 Å². The van der Waals surface area contributed by atoms with E-state index in [1.807, 2.05) is 17.5 Å². The lowest BCUT2D eigenvalue weighted by Gasteiger charge is -1.98. The van der Waals surface area contributed by atoms with E-state index < -0.39 is 0 Å². The van der Waals surface area contributed by atoms with E-state index in [2.05, 4.69) is 9.97 Å². The van der Waals surface area contributed by atoms with E-state index in [9.17, 15) is 5.11 Å². The molecule has 0 atom stereocenters. The number of fused-ring (bicyclic) bond motifs is 1. The van der Waals surface area contributed by atoms with Crippen LogP contribution in [-0.2, 0) is 6.61 Å². The number of hydrogen-bond acceptors (Lipinski definition) is 4. The Balaban J connectivity index is 2.34. The van der Waals surface area contributed by atoms with Crippen LogP contribution in [0.4, 0.5) is 5.13 Å². The molecule has 18 heavy (non-hydrogen) atoms. The number of nitrogens with zero attached hydrogens (tertiary/aromatic N) is 1. The van der Waals surface area contributed by atoms with Gasteiger partial charge in [-0.2, -0.15) is 0 Å². The van der Waals surface area contributed by atoms with Gasteiger partial charge in [-0.15, -0.1) is 11.3 Å². The molecule has 0 saturated carbocycles. The third kappa shape index (κ3) is 1.77. The Morgan fingerprint density at radius 1 is 1.44 bits per heavy atom. The Morgan fingerprint density at radius 2 is 2.28 bits per heavy atom. The van der Waals surface area contributed by atoms with Gasteiger partial charge in [-0.1, -0.05) is 11.6 Å². The zero-order chi connectivity index (χ0) is 12.7. The minimum atomic E-state index is -0.0843. The van der Waals surface area contributed by atoms with E-state index in [4.69, 9.17) is 17.3 Å². The topological polar surface area (TPSA) is 74.9 Å². The maximum absolute atomic E-state index is 9.44. The van der Waals surface area contributed by atoms with Gasteiger partial charge in [0.1, 0.15) is 0 Å². The highest BCUT2D eigenvalue weighted by atomic mass is 35.5. The molecule has 3 aromatic rings. The number of rotatable bonds is 2. The van der Waals surface area contributed by atoms with Crippen molar-refractivity contribution in [1.82, 2.24) is 9.97 Å². The molecule has 2 heterocycles. The summed E-state index contributed by atoms with van der Waals surface area (Å²) in [5.74, 6) is 0. The summed E-state index contributed by atoms with van der Waals surface area (Å²) in [7, 11) is 0. The highest BCUT2D eigenvalue weighted by Crippen LogP contribution is 2.35. The molecule has 4 N–H and O–H groups in total. The molecule has 0 radical (unpaired) electrons. The summed E-state index contributed by atoms with van der Waals surface area (Å²) < 4.78 is 0. The maximum atomic E-state index is 9.44. The van der Waals surface area contributed by atoms with Crippen molar-refractivity contribution >= 4 is 39.0 Å². The zero-order valence-electron chi connectivity index (χ0n) is 9.27. The summed E-state index contributed by atoms with van der Waals surface area (Å²) in [5.41, 5.74) is 8.92. The smallest absolute Gasteiger partial charge is 0.180 e. The average Bonchev–Trinajstić information content (AvgIpc) is 2.91. The molecule has 0 aliphatic heterocycles. The van der Waals surface area contributed by atoms with Gasteiger partial charge in [-0.3, -0.25) is 0 Å². The van der Waals surface area contributed by atoms with E-state index in [1.54, 1.807) is 6.07 Å². The Kier molecular flexibility index (Phi) is 2.74. The SMILES string of the molecule is Nc1nc(-c2c(CO)[nH]c3ccc(Cl)cc23)cs1. The largest absolute Gasteiger partial charge is 0.390 e. The Morgan fingerprint density at radius 3 is 2.94 bits per heavy atom. The molecule has 92 valence electrons. The standard InChI is InChI=1S/C12H10ClN3OS/c13-6-1-2-8-7(3-6)11(9(4-17)15-8)10-5-18-12(14)16-10/h1-3,5,15,17H,4H2,(H2,14,16). The quantitative estimate of drug-likeness (QED) is 0.675. The van der Waals surface area contributed by atoms with Crippen LogP contribution in [0.15, 0.2) is 23.6 Å². The molecule has 3 rings (SSSR count). The number of nitrogen functional groups attached to an aromatic ring is 1. The number of nitrogens with two attached hydrogens (primary N) is 1. The van der Waals surface area contributed by atoms with Crippen LogP contribution in [0.3, 0.4) is 0 Å². The van der Waals surface area contributed by atoms with Crippen LogP contribution in [0, 0.1) is 0 Å². The first-order valence-electron chi connectivity index (χ1n) is 5.31. The summed E-state index contributed by atoms with van der Waals surface area (Å²) in [4.78, 5) is 7.43. The van der Waals surface area contributed by atoms with Crippen molar-refractivity contribution in [3.8, 4) is 11.3 Å². The van der Waals surface area contributed by atoms with Crippen molar-refractivity contribution in [2.75, 3.05) is 5.73 Å². The summed E-state index contributed by atoms with van der Waals surface area (Å²) in [6, 6.07) is 5.55. The number of hydrogen-bond donors (Lipinski definition) is 3. The molecule has 0 amide bonds. The van der Waals surface area contributed by atoms with Gasteiger partial charge in [-0.05, 0) is 18.2 Å². The maximum Gasteiger partial charge on any atom is 0.180 e. The van der Waals surface area contributed by atoms with Gasteiger partial charge in [-0.25, -0.2) is 4.98 Å². The highest BCUT2D eigenvalue weighted by Gasteiger charge is 2.15. The predicted octanol–water partition coefficient (Wildman–Crippen LogP) is 3.02. The zero-order valence-corrected chi connectivity index (χ0v) is 10.8. The predicted molar refractivity (Wildman–Crippen MR) is 74.8 cm³/mol. The number of H-pyrrole nitrogens is 1. The van der Waals surface area contributed by atoms with Crippen molar-refractivity contribution in [2.24, 2.45) is 0 Å². The second-order valence-corrected chi connectivity index (χ2v) is 5.22. The first-order valence-corrected chi connectivity index (χ1v) is 6.57. The molecule has 0 unspecified atom stereocenters. The van der Waals surface area contributed by atoms with Gasteiger partial charge in [0.15, 0.2) is 5.13 Å². The molecule has 0 bridgehead atoms. The average molecular weight is 280 g/mol. The monoisotopic (exact) mass is 279 g/mol. The molecule has 4 nitrogen and oxygen atoms in total. The number of aliphatic hydroxyl groups excluding tert-OH is 1. The lowest BCUT2D eigenvalue weighted by Crippen LogP contribution is -1.88. The Labute approximate surface area is 112 Å². The molecule has 0 spiro atoms. The molecule has 0 aliphatic rings. The molecule has 2 aromatic heterocycles. The van der Waals surface area contributed by atoms with Crippen LogP contribution in [0.1, 0.15) is 5.69 Å². The number of nitrogens with one attached hydrogen (secondary N) is 1. The molecular formula is C12H10ClN3OS. The minimum Gasteiger partial charge on any atom is -0.390 e. The number of aromatic amines is 1. The summed E-state index contributed by atoms with van der Waals surface area (Å²) in [5, 5.41) is 13.4. The summed E-state index contributed by atoms with van der Waals surface area (Å²) in [6.07, 6.45) is 0. The second kappa shape index (κ2) is 4.28. The van der Waals surface area contributed by atoms with Crippen LogP contribution in [-0.4, -0.2) is 15.1 Å². The van der Waals surface area contributed by atoms with Crippen LogP contribution in [0.25, 0.3) is 22.2 Å².